The Bertz CT molecular complexity index is 164. The van der Waals surface area contributed by atoms with Crippen LogP contribution in [0.2, 0.25) is 0 Å². The molecule has 3 nitrogen and oxygen atoms in total. The molecule has 0 N–H and O–H groups in total. The van der Waals surface area contributed by atoms with Gasteiger partial charge in [-0.2, -0.15) is 0 Å². The highest BCUT2D eigenvalue weighted by Gasteiger charge is 2.20. The lowest BCUT2D eigenvalue weighted by Crippen LogP contribution is -2.39. The number of hydrogen-bond donors (Lipinski definition) is 0. The molecule has 0 spiro atoms. The zero-order chi connectivity index (χ0) is 9.68. The van der Waals surface area contributed by atoms with Crippen LogP contribution in [0, 0.1) is 0 Å². The normalized spacial score (nSPS) is 16.3. The third-order valence-corrected chi connectivity index (χ3v) is 2.55. The SMILES string of the molecule is CCCCN(C)C(=O)N1CCCC1. The smallest absolute Gasteiger partial charge is 0.319 e. The number of hydrogen-bond acceptors (Lipinski definition) is 1. The van der Waals surface area contributed by atoms with Gasteiger partial charge in [0.15, 0.2) is 0 Å². The standard InChI is InChI=1S/C10H20N2O/c1-3-4-7-11(2)10(13)12-8-5-6-9-12/h3-9H2,1-2H3. The molecule has 1 aliphatic heterocycles. The van der Waals surface area contributed by atoms with Gasteiger partial charge < -0.3 is 9.80 Å². The molecule has 0 aliphatic carbocycles. The van der Waals surface area contributed by atoms with E-state index in [-0.39, 0.29) is 6.03 Å². The second-order valence-corrected chi connectivity index (χ2v) is 3.75. The van der Waals surface area contributed by atoms with Gasteiger partial charge in [0.1, 0.15) is 0 Å². The quantitative estimate of drug-likeness (QED) is 0.657. The molecule has 0 saturated carbocycles. The van der Waals surface area contributed by atoms with Crippen molar-refractivity contribution in [3.05, 3.63) is 0 Å². The summed E-state index contributed by atoms with van der Waals surface area (Å²) >= 11 is 0. The fraction of sp³-hybridized carbons (Fsp3) is 0.900. The largest absolute Gasteiger partial charge is 0.328 e. The molecular formula is C10H20N2O. The van der Waals surface area contributed by atoms with Crippen molar-refractivity contribution in [2.75, 3.05) is 26.7 Å². The van der Waals surface area contributed by atoms with Gasteiger partial charge in [-0.1, -0.05) is 13.3 Å². The van der Waals surface area contributed by atoms with Crippen LogP contribution in [0.25, 0.3) is 0 Å². The molecule has 0 aromatic carbocycles. The summed E-state index contributed by atoms with van der Waals surface area (Å²) in [6, 6.07) is 0.214. The van der Waals surface area contributed by atoms with E-state index in [0.717, 1.165) is 32.5 Å². The van der Waals surface area contributed by atoms with E-state index in [1.54, 1.807) is 0 Å². The molecule has 76 valence electrons. The van der Waals surface area contributed by atoms with Crippen LogP contribution in [0.15, 0.2) is 0 Å². The lowest BCUT2D eigenvalue weighted by atomic mass is 10.3. The maximum Gasteiger partial charge on any atom is 0.319 e. The van der Waals surface area contributed by atoms with Crippen LogP contribution < -0.4 is 0 Å². The predicted molar refractivity (Wildman–Crippen MR) is 53.7 cm³/mol. The van der Waals surface area contributed by atoms with Crippen molar-refractivity contribution >= 4 is 6.03 Å². The van der Waals surface area contributed by atoms with Crippen LogP contribution in [0.5, 0.6) is 0 Å². The van der Waals surface area contributed by atoms with E-state index in [2.05, 4.69) is 6.92 Å². The fourth-order valence-electron chi connectivity index (χ4n) is 1.64. The Morgan fingerprint density at radius 3 is 2.54 bits per heavy atom. The second-order valence-electron chi connectivity index (χ2n) is 3.75. The zero-order valence-corrected chi connectivity index (χ0v) is 8.75. The number of carbonyl (C=O) groups is 1. The van der Waals surface area contributed by atoms with Crippen LogP contribution in [0.3, 0.4) is 0 Å². The predicted octanol–water partition coefficient (Wildman–Crippen LogP) is 1.93. The van der Waals surface area contributed by atoms with E-state index < -0.39 is 0 Å². The molecule has 1 heterocycles. The average Bonchev–Trinajstić information content (AvgIpc) is 2.65. The van der Waals surface area contributed by atoms with Gasteiger partial charge in [-0.15, -0.1) is 0 Å². The Balaban J connectivity index is 2.28. The summed E-state index contributed by atoms with van der Waals surface area (Å²) in [5, 5.41) is 0. The van der Waals surface area contributed by atoms with Crippen molar-refractivity contribution in [3.8, 4) is 0 Å². The van der Waals surface area contributed by atoms with Gasteiger partial charge in [-0.25, -0.2) is 4.79 Å². The Morgan fingerprint density at radius 2 is 2.00 bits per heavy atom. The van der Waals surface area contributed by atoms with E-state index in [1.807, 2.05) is 16.8 Å². The lowest BCUT2D eigenvalue weighted by Gasteiger charge is -2.23. The molecule has 2 amide bonds. The van der Waals surface area contributed by atoms with E-state index >= 15 is 0 Å². The molecule has 0 unspecified atom stereocenters. The average molecular weight is 184 g/mol. The van der Waals surface area contributed by atoms with Crippen LogP contribution in [0.4, 0.5) is 4.79 Å². The van der Waals surface area contributed by atoms with Crippen LogP contribution in [0.1, 0.15) is 32.6 Å². The number of likely N-dealkylation sites (tertiary alicyclic amines) is 1. The first-order valence-corrected chi connectivity index (χ1v) is 5.25. The van der Waals surface area contributed by atoms with Gasteiger partial charge in [0.25, 0.3) is 0 Å². The van der Waals surface area contributed by atoms with E-state index in [1.165, 1.54) is 12.8 Å². The van der Waals surface area contributed by atoms with Crippen molar-refractivity contribution in [2.45, 2.75) is 32.6 Å². The summed E-state index contributed by atoms with van der Waals surface area (Å²) < 4.78 is 0. The number of amides is 2. The summed E-state index contributed by atoms with van der Waals surface area (Å²) in [4.78, 5) is 15.5. The zero-order valence-electron chi connectivity index (χ0n) is 8.75. The Kier molecular flexibility index (Phi) is 4.06. The van der Waals surface area contributed by atoms with Crippen LogP contribution in [-0.2, 0) is 0 Å². The first-order chi connectivity index (χ1) is 6.25. The molecule has 3 heteroatoms. The Hall–Kier alpha value is -0.730. The number of rotatable bonds is 3. The molecule has 0 radical (unpaired) electrons. The molecule has 0 bridgehead atoms. The number of unbranched alkanes of at least 4 members (excludes halogenated alkanes) is 1. The highest BCUT2D eigenvalue weighted by atomic mass is 16.2. The summed E-state index contributed by atoms with van der Waals surface area (Å²) in [6.07, 6.45) is 4.61. The Morgan fingerprint density at radius 1 is 1.38 bits per heavy atom. The first-order valence-electron chi connectivity index (χ1n) is 5.25. The molecule has 0 aromatic heterocycles. The van der Waals surface area contributed by atoms with Gasteiger partial charge in [0, 0.05) is 26.7 Å². The Labute approximate surface area is 80.7 Å². The minimum absolute atomic E-state index is 0.214. The number of nitrogens with zero attached hydrogens (tertiary/aromatic N) is 2. The summed E-state index contributed by atoms with van der Waals surface area (Å²) in [5.41, 5.74) is 0. The summed E-state index contributed by atoms with van der Waals surface area (Å²) in [5.74, 6) is 0. The monoisotopic (exact) mass is 184 g/mol. The molecule has 1 fully saturated rings. The maximum atomic E-state index is 11.7. The first kappa shape index (κ1) is 10.4. The molecular weight excluding hydrogens is 164 g/mol. The molecule has 0 aromatic rings. The van der Waals surface area contributed by atoms with Gasteiger partial charge in [0.05, 0.1) is 0 Å². The highest BCUT2D eigenvalue weighted by molar-refractivity contribution is 5.74. The third-order valence-electron chi connectivity index (χ3n) is 2.55. The lowest BCUT2D eigenvalue weighted by molar-refractivity contribution is 0.172. The minimum Gasteiger partial charge on any atom is -0.328 e. The van der Waals surface area contributed by atoms with E-state index in [4.69, 9.17) is 0 Å². The van der Waals surface area contributed by atoms with Crippen LogP contribution in [-0.4, -0.2) is 42.5 Å². The molecule has 1 aliphatic rings. The van der Waals surface area contributed by atoms with Crippen molar-refractivity contribution in [3.63, 3.8) is 0 Å². The van der Waals surface area contributed by atoms with E-state index in [0.29, 0.717) is 0 Å². The molecule has 1 saturated heterocycles. The fourth-order valence-corrected chi connectivity index (χ4v) is 1.64. The molecule has 13 heavy (non-hydrogen) atoms. The second kappa shape index (κ2) is 5.10. The molecule has 0 atom stereocenters. The number of urea groups is 1. The topological polar surface area (TPSA) is 23.6 Å². The highest BCUT2D eigenvalue weighted by Crippen LogP contribution is 2.09. The van der Waals surface area contributed by atoms with Crippen LogP contribution >= 0.6 is 0 Å². The summed E-state index contributed by atoms with van der Waals surface area (Å²) in [6.45, 7) is 4.95. The van der Waals surface area contributed by atoms with Gasteiger partial charge in [0.2, 0.25) is 0 Å². The maximum absolute atomic E-state index is 11.7. The van der Waals surface area contributed by atoms with Crippen molar-refractivity contribution in [2.24, 2.45) is 0 Å². The van der Waals surface area contributed by atoms with Crippen molar-refractivity contribution in [1.82, 2.24) is 9.80 Å². The van der Waals surface area contributed by atoms with Crippen molar-refractivity contribution in [1.29, 1.82) is 0 Å². The van der Waals surface area contributed by atoms with E-state index in [9.17, 15) is 4.79 Å². The van der Waals surface area contributed by atoms with Gasteiger partial charge >= 0.3 is 6.03 Å². The third kappa shape index (κ3) is 2.90. The van der Waals surface area contributed by atoms with Gasteiger partial charge in [-0.3, -0.25) is 0 Å². The van der Waals surface area contributed by atoms with Gasteiger partial charge in [-0.05, 0) is 19.3 Å². The summed E-state index contributed by atoms with van der Waals surface area (Å²) in [7, 11) is 1.90. The number of carbonyl (C=O) groups excluding carboxylic acids is 1. The minimum atomic E-state index is 0.214. The molecule has 1 rings (SSSR count). The van der Waals surface area contributed by atoms with Crippen molar-refractivity contribution < 1.29 is 4.79 Å².